The van der Waals surface area contributed by atoms with E-state index in [-0.39, 0.29) is 18.9 Å². The Morgan fingerprint density at radius 2 is 2.05 bits per heavy atom. The number of benzene rings is 1. The van der Waals surface area contributed by atoms with Crippen molar-refractivity contribution in [1.82, 2.24) is 5.32 Å². The molecule has 1 fully saturated rings. The van der Waals surface area contributed by atoms with Gasteiger partial charge in [-0.25, -0.2) is 0 Å². The molecule has 1 saturated carbocycles. The average molecular weight is 350 g/mol. The molecule has 1 nitrogen and oxygen atoms in total. The molecule has 1 N–H and O–H groups in total. The fourth-order valence-electron chi connectivity index (χ4n) is 2.72. The number of halogens is 4. The van der Waals surface area contributed by atoms with Gasteiger partial charge in [0.05, 0.1) is 5.92 Å². The molecule has 2 atom stereocenters. The fourth-order valence-corrected chi connectivity index (χ4v) is 3.36. The van der Waals surface area contributed by atoms with E-state index in [1.54, 1.807) is 0 Å². The first-order chi connectivity index (χ1) is 9.36. The Labute approximate surface area is 126 Å². The van der Waals surface area contributed by atoms with Crippen LogP contribution in [0.3, 0.4) is 0 Å². The Balaban J connectivity index is 1.90. The van der Waals surface area contributed by atoms with E-state index in [4.69, 9.17) is 0 Å². The fraction of sp³-hybridized carbons (Fsp3) is 0.600. The van der Waals surface area contributed by atoms with Crippen molar-refractivity contribution < 1.29 is 13.2 Å². The molecule has 0 aliphatic heterocycles. The van der Waals surface area contributed by atoms with Crippen LogP contribution in [-0.2, 0) is 6.54 Å². The Hall–Kier alpha value is -0.550. The molecule has 0 bridgehead atoms. The molecule has 5 heteroatoms. The normalized spacial score (nSPS) is 23.9. The first-order valence-corrected chi connectivity index (χ1v) is 7.70. The van der Waals surface area contributed by atoms with Gasteiger partial charge in [-0.3, -0.25) is 0 Å². The molecule has 20 heavy (non-hydrogen) atoms. The van der Waals surface area contributed by atoms with Gasteiger partial charge in [-0.1, -0.05) is 34.5 Å². The number of hydrogen-bond donors (Lipinski definition) is 1. The molecule has 1 aromatic carbocycles. The minimum absolute atomic E-state index is 0.0384. The van der Waals surface area contributed by atoms with Crippen LogP contribution in [0.25, 0.3) is 0 Å². The predicted octanol–water partition coefficient (Wildman–Crippen LogP) is 4.97. The summed E-state index contributed by atoms with van der Waals surface area (Å²) in [5, 5.41) is 3.27. The van der Waals surface area contributed by atoms with Crippen molar-refractivity contribution >= 4 is 15.9 Å². The second-order valence-electron chi connectivity index (χ2n) is 5.58. The van der Waals surface area contributed by atoms with Crippen molar-refractivity contribution in [2.45, 2.75) is 51.4 Å². The van der Waals surface area contributed by atoms with E-state index < -0.39 is 12.1 Å². The highest BCUT2D eigenvalue weighted by Gasteiger charge is 2.41. The van der Waals surface area contributed by atoms with Crippen LogP contribution in [-0.4, -0.2) is 12.2 Å². The van der Waals surface area contributed by atoms with Crippen LogP contribution in [0.15, 0.2) is 22.7 Å². The third-order valence-electron chi connectivity index (χ3n) is 3.93. The van der Waals surface area contributed by atoms with Crippen molar-refractivity contribution in [3.63, 3.8) is 0 Å². The SMILES string of the molecule is Cc1ccc(CNC2CCCC(C(F)(F)F)C2)c(Br)c1. The first kappa shape index (κ1) is 15.8. The third-order valence-corrected chi connectivity index (χ3v) is 4.67. The van der Waals surface area contributed by atoms with Gasteiger partial charge in [0, 0.05) is 17.1 Å². The van der Waals surface area contributed by atoms with Crippen LogP contribution in [0, 0.1) is 12.8 Å². The molecule has 1 aromatic rings. The largest absolute Gasteiger partial charge is 0.391 e. The van der Waals surface area contributed by atoms with Gasteiger partial charge in [-0.2, -0.15) is 13.2 Å². The summed E-state index contributed by atoms with van der Waals surface area (Å²) in [6, 6.07) is 6.01. The second-order valence-corrected chi connectivity index (χ2v) is 6.43. The second kappa shape index (κ2) is 6.48. The van der Waals surface area contributed by atoms with E-state index in [1.807, 2.05) is 25.1 Å². The third kappa shape index (κ3) is 4.22. The minimum atomic E-state index is -4.05. The summed E-state index contributed by atoms with van der Waals surface area (Å²) < 4.78 is 39.3. The molecule has 0 spiro atoms. The van der Waals surface area contributed by atoms with E-state index in [0.717, 1.165) is 22.0 Å². The maximum atomic E-state index is 12.8. The molecule has 0 aromatic heterocycles. The maximum absolute atomic E-state index is 12.8. The molecular weight excluding hydrogens is 331 g/mol. The average Bonchev–Trinajstić information content (AvgIpc) is 2.37. The highest BCUT2D eigenvalue weighted by Crippen LogP contribution is 2.37. The van der Waals surface area contributed by atoms with Crippen LogP contribution >= 0.6 is 15.9 Å². The molecule has 0 saturated heterocycles. The van der Waals surface area contributed by atoms with Crippen LogP contribution in [0.5, 0.6) is 0 Å². The summed E-state index contributed by atoms with van der Waals surface area (Å²) >= 11 is 3.50. The van der Waals surface area contributed by atoms with E-state index in [9.17, 15) is 13.2 Å². The zero-order valence-corrected chi connectivity index (χ0v) is 13.0. The van der Waals surface area contributed by atoms with E-state index in [0.29, 0.717) is 13.0 Å². The van der Waals surface area contributed by atoms with Gasteiger partial charge < -0.3 is 5.32 Å². The first-order valence-electron chi connectivity index (χ1n) is 6.91. The van der Waals surface area contributed by atoms with Crippen molar-refractivity contribution in [2.75, 3.05) is 0 Å². The molecular formula is C15H19BrF3N. The minimum Gasteiger partial charge on any atom is -0.310 e. The van der Waals surface area contributed by atoms with Crippen LogP contribution < -0.4 is 5.32 Å². The van der Waals surface area contributed by atoms with Gasteiger partial charge in [0.15, 0.2) is 0 Å². The number of rotatable bonds is 3. The predicted molar refractivity (Wildman–Crippen MR) is 77.5 cm³/mol. The lowest BCUT2D eigenvalue weighted by Crippen LogP contribution is -2.38. The molecule has 0 amide bonds. The van der Waals surface area contributed by atoms with Gasteiger partial charge >= 0.3 is 6.18 Å². The Kier molecular flexibility index (Phi) is 5.13. The molecule has 2 unspecified atom stereocenters. The molecule has 2 rings (SSSR count). The van der Waals surface area contributed by atoms with Gasteiger partial charge in [0.1, 0.15) is 0 Å². The van der Waals surface area contributed by atoms with Gasteiger partial charge in [-0.15, -0.1) is 0 Å². The van der Waals surface area contributed by atoms with Crippen LogP contribution in [0.4, 0.5) is 13.2 Å². The molecule has 0 heterocycles. The summed E-state index contributed by atoms with van der Waals surface area (Å²) in [6.07, 6.45) is -2.10. The summed E-state index contributed by atoms with van der Waals surface area (Å²) in [7, 11) is 0. The van der Waals surface area contributed by atoms with Gasteiger partial charge in [0.2, 0.25) is 0 Å². The Morgan fingerprint density at radius 1 is 1.30 bits per heavy atom. The van der Waals surface area contributed by atoms with E-state index in [2.05, 4.69) is 21.2 Å². The van der Waals surface area contributed by atoms with E-state index in [1.165, 1.54) is 0 Å². The number of hydrogen-bond acceptors (Lipinski definition) is 1. The van der Waals surface area contributed by atoms with Crippen molar-refractivity contribution in [3.8, 4) is 0 Å². The smallest absolute Gasteiger partial charge is 0.310 e. The number of alkyl halides is 3. The van der Waals surface area contributed by atoms with Gasteiger partial charge in [0.25, 0.3) is 0 Å². The molecule has 1 aliphatic rings. The Morgan fingerprint density at radius 3 is 2.70 bits per heavy atom. The lowest BCUT2D eigenvalue weighted by molar-refractivity contribution is -0.183. The van der Waals surface area contributed by atoms with Crippen LogP contribution in [0.2, 0.25) is 0 Å². The number of aryl methyl sites for hydroxylation is 1. The highest BCUT2D eigenvalue weighted by atomic mass is 79.9. The lowest BCUT2D eigenvalue weighted by atomic mass is 9.85. The van der Waals surface area contributed by atoms with Gasteiger partial charge in [-0.05, 0) is 43.4 Å². The number of nitrogens with one attached hydrogen (secondary N) is 1. The molecule has 0 radical (unpaired) electrons. The zero-order chi connectivity index (χ0) is 14.8. The zero-order valence-electron chi connectivity index (χ0n) is 11.4. The van der Waals surface area contributed by atoms with Crippen molar-refractivity contribution in [2.24, 2.45) is 5.92 Å². The topological polar surface area (TPSA) is 12.0 Å². The monoisotopic (exact) mass is 349 g/mol. The summed E-state index contributed by atoms with van der Waals surface area (Å²) in [4.78, 5) is 0. The molecule has 1 aliphatic carbocycles. The quantitative estimate of drug-likeness (QED) is 0.812. The maximum Gasteiger partial charge on any atom is 0.391 e. The summed E-state index contributed by atoms with van der Waals surface area (Å²) in [6.45, 7) is 2.62. The standard InChI is InChI=1S/C15H19BrF3N/c1-10-5-6-11(14(16)7-10)9-20-13-4-2-3-12(8-13)15(17,18)19/h5-7,12-13,20H,2-4,8-9H2,1H3. The van der Waals surface area contributed by atoms with E-state index >= 15 is 0 Å². The highest BCUT2D eigenvalue weighted by molar-refractivity contribution is 9.10. The van der Waals surface area contributed by atoms with Crippen molar-refractivity contribution in [1.29, 1.82) is 0 Å². The summed E-state index contributed by atoms with van der Waals surface area (Å²) in [5.41, 5.74) is 2.25. The Bertz CT molecular complexity index is 459. The summed E-state index contributed by atoms with van der Waals surface area (Å²) in [5.74, 6) is -1.14. The lowest BCUT2D eigenvalue weighted by Gasteiger charge is -2.31. The van der Waals surface area contributed by atoms with Crippen molar-refractivity contribution in [3.05, 3.63) is 33.8 Å². The van der Waals surface area contributed by atoms with Crippen LogP contribution in [0.1, 0.15) is 36.8 Å². The molecule has 112 valence electrons.